The molecule has 0 saturated heterocycles. The van der Waals surface area contributed by atoms with Crippen molar-refractivity contribution in [3.8, 4) is 0 Å². The predicted octanol–water partition coefficient (Wildman–Crippen LogP) is 21.6. The molecular weight excluding hydrogens is 1550 g/mol. The Hall–Kier alpha value is -5.43. The Kier molecular flexibility index (Phi) is 26.4. The molecule has 6 aliphatic rings. The van der Waals surface area contributed by atoms with Crippen molar-refractivity contribution in [3.63, 3.8) is 0 Å². The Balaban J connectivity index is 0.000000143. The first-order valence-corrected chi connectivity index (χ1v) is 41.2. The minimum atomic E-state index is -1.29. The minimum Gasteiger partial charge on any atom is -0.350 e. The zero-order valence-corrected chi connectivity index (χ0v) is 67.5. The topological polar surface area (TPSA) is 226 Å². The van der Waals surface area contributed by atoms with Crippen LogP contribution in [0.5, 0.6) is 0 Å². The number of pyridine rings is 3. The summed E-state index contributed by atoms with van der Waals surface area (Å²) in [6.07, 6.45) is 30.2. The molecule has 0 radical (unpaired) electrons. The summed E-state index contributed by atoms with van der Waals surface area (Å²) in [6, 6.07) is 29.8. The Bertz CT molecular complexity index is 4710. The number of nitrogens with zero attached hydrogens (tertiary/aromatic N) is 9. The van der Waals surface area contributed by atoms with Gasteiger partial charge in [0.25, 0.3) is 0 Å². The molecule has 104 heavy (non-hydrogen) atoms. The van der Waals surface area contributed by atoms with Crippen LogP contribution in [0.3, 0.4) is 0 Å². The molecule has 6 heterocycles. The number of halogens is 7. The summed E-state index contributed by atoms with van der Waals surface area (Å²) in [5, 5.41) is 8.96. The fourth-order valence-electron chi connectivity index (χ4n) is 14.2. The van der Waals surface area contributed by atoms with Crippen LogP contribution in [0.1, 0.15) is 196 Å². The number of carbonyl (C=O) groups is 2. The molecule has 3 N–H and O–H groups in total. The number of hydrogen-bond donors (Lipinski definition) is 2. The maximum Gasteiger partial charge on any atom is 0.169 e. The van der Waals surface area contributed by atoms with E-state index in [0.29, 0.717) is 54.1 Å². The van der Waals surface area contributed by atoms with Crippen LogP contribution in [-0.4, -0.2) is 80.0 Å². The molecule has 9 aromatic rings. The van der Waals surface area contributed by atoms with E-state index in [2.05, 4.69) is 76.3 Å². The van der Waals surface area contributed by atoms with Gasteiger partial charge in [-0.1, -0.05) is 190 Å². The van der Waals surface area contributed by atoms with Crippen molar-refractivity contribution in [2.75, 3.05) is 0 Å². The Labute approximate surface area is 661 Å². The van der Waals surface area contributed by atoms with Crippen LogP contribution < -0.4 is 5.14 Å². The molecule has 15 nitrogen and oxygen atoms in total. The van der Waals surface area contributed by atoms with Crippen LogP contribution in [0.4, 0.5) is 0 Å². The molecule has 3 aromatic carbocycles. The van der Waals surface area contributed by atoms with Crippen LogP contribution >= 0.6 is 117 Å². The average molecular weight is 1630 g/mol. The predicted molar refractivity (Wildman–Crippen MR) is 426 cm³/mol. The van der Waals surface area contributed by atoms with Crippen molar-refractivity contribution in [2.24, 2.45) is 25.8 Å². The molecule has 0 aliphatic heterocycles. The number of nitrogens with two attached hydrogens (primary N) is 1. The molecule has 2 atom stereocenters. The molecule has 6 aliphatic carbocycles. The van der Waals surface area contributed by atoms with E-state index in [9.17, 15) is 18.0 Å². The Morgan fingerprint density at radius 2 is 0.856 bits per heavy atom. The van der Waals surface area contributed by atoms with Gasteiger partial charge < -0.3 is 4.98 Å². The van der Waals surface area contributed by atoms with Crippen LogP contribution in [0.25, 0.3) is 0 Å². The van der Waals surface area contributed by atoms with E-state index in [4.69, 9.17) is 108 Å². The summed E-state index contributed by atoms with van der Waals surface area (Å²) in [7, 11) is -2.47. The first kappa shape index (κ1) is 79.6. The standard InChI is InChI=1S/C27H28Cl2N4OS2.C23H19Cl2N3OS.C18H18N2OS.C5H2Cl3N.C4H11NOS/c1-26(2,3)36(34)33-24-19-7-5-4-6-18(19)14-27(24)11-8-17(9-12-27)20-15-32-22(16-31-20)35-21-10-13-30-25(29)23(21)28;24-20-18(7-10-26-22(20)25)30-19-13-27-17(12-28-19)14-5-8-23(9-6-14)11-15-3-1-2-4-16(15)21(23)29;21-17-14-4-2-1-3-13(14)9-18(17)7-5-12(6-8-18)15-10-20-16(22)11-19-15;6-3-1-2-9-5(8)4(3)7;1-4(2,3)7(5)6/h4-7,10,13,15-17H,8-9,11-12,14H2,1-3H3;1-4,7,10,12-14H,5-6,8-9,11H2;1-4,10-12H,5-9H2,(H,20,22);1-2H;5H2,1-3H3/t17?,27?,36-;;;;7-/m1...1/s1. The van der Waals surface area contributed by atoms with Crippen molar-refractivity contribution in [1.29, 1.82) is 0 Å². The highest BCUT2D eigenvalue weighted by Crippen LogP contribution is 2.54. The van der Waals surface area contributed by atoms with Gasteiger partial charge in [0, 0.05) is 85.3 Å². The number of hydrogen-bond acceptors (Lipinski definition) is 15. The highest BCUT2D eigenvalue weighted by atomic mass is 35.5. The highest BCUT2D eigenvalue weighted by molar-refractivity contribution is 7.99. The van der Waals surface area contributed by atoms with Gasteiger partial charge in [0.15, 0.2) is 11.6 Å². The Morgan fingerprint density at radius 3 is 1.23 bits per heavy atom. The molecule has 3 saturated carbocycles. The molecule has 3 spiro atoms. The second-order valence-electron chi connectivity index (χ2n) is 28.9. The number of H-pyrrole nitrogens is 1. The Morgan fingerprint density at radius 1 is 0.481 bits per heavy atom. The minimum absolute atomic E-state index is 0.0539. The van der Waals surface area contributed by atoms with Gasteiger partial charge in [-0.05, 0) is 173 Å². The van der Waals surface area contributed by atoms with Crippen LogP contribution in [0.2, 0.25) is 35.5 Å². The van der Waals surface area contributed by atoms with Crippen LogP contribution in [0, 0.1) is 20.9 Å². The lowest BCUT2D eigenvalue weighted by atomic mass is 9.67. The van der Waals surface area contributed by atoms with Gasteiger partial charge in [-0.15, -0.1) is 0 Å². The van der Waals surface area contributed by atoms with E-state index < -0.39 is 22.0 Å². The van der Waals surface area contributed by atoms with Gasteiger partial charge in [-0.3, -0.25) is 29.7 Å². The smallest absolute Gasteiger partial charge is 0.169 e. The monoisotopic (exact) mass is 1630 g/mol. The van der Waals surface area contributed by atoms with E-state index in [-0.39, 0.29) is 41.2 Å². The van der Waals surface area contributed by atoms with Crippen molar-refractivity contribution >= 4 is 156 Å². The lowest BCUT2D eigenvalue weighted by molar-refractivity contribution is 0.0727. The number of fused-ring (bicyclic) bond motifs is 3. The van der Waals surface area contributed by atoms with Gasteiger partial charge >= 0.3 is 0 Å². The molecule has 27 heteroatoms. The zero-order chi connectivity index (χ0) is 74.3. The molecule has 3 fully saturated rings. The molecule has 0 unspecified atom stereocenters. The molecule has 6 aromatic heterocycles. The molecule has 0 amide bonds. The fraction of sp³-hybridized carbons (Fsp3) is 0.377. The maximum absolute atomic E-state index is 13.0. The number of benzene rings is 3. The number of nitrogens with one attached hydrogen (secondary N) is 1. The second kappa shape index (κ2) is 34.4. The van der Waals surface area contributed by atoms with E-state index in [0.717, 1.165) is 150 Å². The van der Waals surface area contributed by atoms with E-state index in [1.807, 2.05) is 109 Å². The second-order valence-corrected chi connectivity index (χ2v) is 37.8. The largest absolute Gasteiger partial charge is 0.350 e. The first-order valence-electron chi connectivity index (χ1n) is 34.2. The quantitative estimate of drug-likeness (QED) is 0.107. The normalized spacial score (nSPS) is 22.5. The summed E-state index contributed by atoms with van der Waals surface area (Å²) in [5.74, 6) is 1.83. The third kappa shape index (κ3) is 18.8. The summed E-state index contributed by atoms with van der Waals surface area (Å²) in [6.45, 7) is 11.5. The summed E-state index contributed by atoms with van der Waals surface area (Å²) in [4.78, 5) is 65.3. The lowest BCUT2D eigenvalue weighted by Crippen LogP contribution is -2.34. The SMILES string of the molecule is CC(C)(C)[S@@](=O)N=C1c2ccccc2CC12CCC(c1cnc(Sc3ccnc(Cl)c3Cl)cn1)CC2.CC(C)(C)[S@](N)=O.Clc1ccnc(Cl)c1Cl.O=C1c2ccccc2CC12CCC(c1c[nH]c(=S)cn1)CC2.O=C1c2ccccc2CC12CCC(c1cnc(Sc3ccnc(Cl)c3Cl)cn1)CC2. The number of ketones is 2. The van der Waals surface area contributed by atoms with Crippen molar-refractivity contribution in [2.45, 2.75) is 185 Å². The van der Waals surface area contributed by atoms with E-state index >= 15 is 0 Å². The van der Waals surface area contributed by atoms with Gasteiger partial charge in [0.1, 0.15) is 41.1 Å². The van der Waals surface area contributed by atoms with Crippen LogP contribution in [0.15, 0.2) is 171 Å². The fourth-order valence-corrected chi connectivity index (χ4v) is 17.9. The third-order valence-corrected chi connectivity index (χ3v) is 27.8. The van der Waals surface area contributed by atoms with Crippen LogP contribution in [-0.2, 0) is 41.2 Å². The molecule has 0 bridgehead atoms. The number of carbonyl (C=O) groups excluding carboxylic acids is 2. The first-order chi connectivity index (χ1) is 49.6. The maximum atomic E-state index is 13.0. The molecular formula is C77H78Cl7N11O4S5. The average Bonchev–Trinajstić information content (AvgIpc) is 1.62. The number of aromatic amines is 1. The zero-order valence-electron chi connectivity index (χ0n) is 58.1. The van der Waals surface area contributed by atoms with Gasteiger partial charge in [-0.25, -0.2) is 33.3 Å². The van der Waals surface area contributed by atoms with Gasteiger partial charge in [-0.2, -0.15) is 4.40 Å². The number of Topliss-reactive ketones (excluding diaryl/α,β-unsaturated/α-hetero) is 2. The van der Waals surface area contributed by atoms with E-state index in [1.54, 1.807) is 37.1 Å². The van der Waals surface area contributed by atoms with Crippen molar-refractivity contribution in [1.82, 2.24) is 44.9 Å². The lowest BCUT2D eigenvalue weighted by Gasteiger charge is -2.37. The highest BCUT2D eigenvalue weighted by Gasteiger charge is 2.50. The molecule has 15 rings (SSSR count). The van der Waals surface area contributed by atoms with Gasteiger partial charge in [0.2, 0.25) is 0 Å². The van der Waals surface area contributed by atoms with E-state index in [1.165, 1.54) is 52.0 Å². The van der Waals surface area contributed by atoms with Crippen molar-refractivity contribution in [3.05, 3.63) is 237 Å². The van der Waals surface area contributed by atoms with Crippen molar-refractivity contribution < 1.29 is 18.0 Å². The summed E-state index contributed by atoms with van der Waals surface area (Å²) >= 11 is 49.0. The summed E-state index contributed by atoms with van der Waals surface area (Å²) < 4.78 is 28.3. The molecule has 544 valence electrons. The van der Waals surface area contributed by atoms with Gasteiger partial charge in [0.05, 0.1) is 94.3 Å². The number of rotatable bonds is 8. The summed E-state index contributed by atoms with van der Waals surface area (Å²) in [5.41, 5.74) is 10.5. The third-order valence-electron chi connectivity index (χ3n) is 20.1. The number of aromatic nitrogens is 9.